The quantitative estimate of drug-likeness (QED) is 0.815. The average Bonchev–Trinajstić information content (AvgIpc) is 2.30. The van der Waals surface area contributed by atoms with Gasteiger partial charge in [-0.25, -0.2) is 4.98 Å². The maximum atomic E-state index is 13.3. The first-order valence-electron chi connectivity index (χ1n) is 4.72. The molecule has 1 atom stereocenters. The van der Waals surface area contributed by atoms with E-state index in [9.17, 15) is 9.50 Å². The van der Waals surface area contributed by atoms with Crippen molar-refractivity contribution >= 4 is 11.6 Å². The zero-order chi connectivity index (χ0) is 11.5. The number of hydrogen-bond acceptors (Lipinski definition) is 2. The summed E-state index contributed by atoms with van der Waals surface area (Å²) in [6.07, 6.45) is 0.318. The van der Waals surface area contributed by atoms with Gasteiger partial charge in [0.15, 0.2) is 0 Å². The Kier molecular flexibility index (Phi) is 3.17. The van der Waals surface area contributed by atoms with Gasteiger partial charge in [-0.05, 0) is 29.8 Å². The zero-order valence-corrected chi connectivity index (χ0v) is 9.03. The van der Waals surface area contributed by atoms with Crippen LogP contribution < -0.4 is 0 Å². The number of hydrogen-bond donors (Lipinski definition) is 1. The predicted octanol–water partition coefficient (Wildman–Crippen LogP) is 2.96. The summed E-state index contributed by atoms with van der Waals surface area (Å²) in [5.74, 6) is -0.662. The molecule has 1 aromatic carbocycles. The first-order valence-corrected chi connectivity index (χ1v) is 5.10. The maximum absolute atomic E-state index is 13.3. The Morgan fingerprint density at radius 2 is 1.88 bits per heavy atom. The van der Waals surface area contributed by atoms with Gasteiger partial charge in [-0.15, -0.1) is 0 Å². The highest BCUT2D eigenvalue weighted by molar-refractivity contribution is 6.30. The second-order valence-electron chi connectivity index (χ2n) is 3.34. The first-order chi connectivity index (χ1) is 7.68. The van der Waals surface area contributed by atoms with Gasteiger partial charge in [-0.2, -0.15) is 4.39 Å². The predicted molar refractivity (Wildman–Crippen MR) is 59.7 cm³/mol. The normalized spacial score (nSPS) is 12.4. The van der Waals surface area contributed by atoms with Crippen LogP contribution in [0.5, 0.6) is 0 Å². The highest BCUT2D eigenvalue weighted by atomic mass is 35.5. The van der Waals surface area contributed by atoms with E-state index in [0.29, 0.717) is 10.6 Å². The molecule has 1 unspecified atom stereocenters. The standard InChI is InChI=1S/C12H9ClFNO/c13-9-5-3-8(4-6-9)11(16)10-2-1-7-15-12(10)14/h1-7,11,16H. The molecule has 2 aromatic rings. The number of pyridine rings is 1. The smallest absolute Gasteiger partial charge is 0.218 e. The van der Waals surface area contributed by atoms with Crippen LogP contribution >= 0.6 is 11.6 Å². The van der Waals surface area contributed by atoms with E-state index in [-0.39, 0.29) is 5.56 Å². The lowest BCUT2D eigenvalue weighted by Crippen LogP contribution is -2.03. The van der Waals surface area contributed by atoms with Crippen LogP contribution in [0.4, 0.5) is 4.39 Å². The molecule has 0 amide bonds. The topological polar surface area (TPSA) is 33.1 Å². The third kappa shape index (κ3) is 2.21. The number of benzene rings is 1. The molecule has 0 radical (unpaired) electrons. The molecule has 82 valence electrons. The Bertz CT molecular complexity index is 487. The fraction of sp³-hybridized carbons (Fsp3) is 0.0833. The van der Waals surface area contributed by atoms with E-state index in [1.165, 1.54) is 12.3 Å². The van der Waals surface area contributed by atoms with Gasteiger partial charge in [0, 0.05) is 16.8 Å². The first kappa shape index (κ1) is 11.0. The minimum Gasteiger partial charge on any atom is -0.383 e. The van der Waals surface area contributed by atoms with Crippen molar-refractivity contribution in [1.82, 2.24) is 4.98 Å². The third-order valence-corrected chi connectivity index (χ3v) is 2.52. The van der Waals surface area contributed by atoms with Gasteiger partial charge >= 0.3 is 0 Å². The second kappa shape index (κ2) is 4.60. The minimum atomic E-state index is -1.02. The summed E-state index contributed by atoms with van der Waals surface area (Å²) in [7, 11) is 0. The van der Waals surface area contributed by atoms with E-state index < -0.39 is 12.1 Å². The van der Waals surface area contributed by atoms with E-state index in [1.54, 1.807) is 30.3 Å². The summed E-state index contributed by atoms with van der Waals surface area (Å²) in [5.41, 5.74) is 0.737. The highest BCUT2D eigenvalue weighted by Crippen LogP contribution is 2.24. The van der Waals surface area contributed by atoms with Crippen LogP contribution in [-0.4, -0.2) is 10.1 Å². The van der Waals surface area contributed by atoms with Crippen molar-refractivity contribution in [2.24, 2.45) is 0 Å². The van der Waals surface area contributed by atoms with Crippen LogP contribution in [0.2, 0.25) is 5.02 Å². The Hall–Kier alpha value is -1.45. The summed E-state index contributed by atoms with van der Waals surface area (Å²) < 4.78 is 13.3. The summed E-state index contributed by atoms with van der Waals surface area (Å²) in [5, 5.41) is 10.5. The third-order valence-electron chi connectivity index (χ3n) is 2.27. The molecule has 0 aliphatic carbocycles. The number of aliphatic hydroxyl groups excluding tert-OH is 1. The molecule has 0 saturated heterocycles. The number of aliphatic hydroxyl groups is 1. The molecule has 0 aliphatic rings. The average molecular weight is 238 g/mol. The van der Waals surface area contributed by atoms with Crippen molar-refractivity contribution in [1.29, 1.82) is 0 Å². The maximum Gasteiger partial charge on any atom is 0.218 e. The minimum absolute atomic E-state index is 0.157. The molecular weight excluding hydrogens is 229 g/mol. The SMILES string of the molecule is OC(c1ccc(Cl)cc1)c1cccnc1F. The van der Waals surface area contributed by atoms with Crippen LogP contribution in [0.15, 0.2) is 42.6 Å². The Morgan fingerprint density at radius 1 is 1.19 bits per heavy atom. The molecule has 0 fully saturated rings. The van der Waals surface area contributed by atoms with Crippen molar-refractivity contribution < 1.29 is 9.50 Å². The van der Waals surface area contributed by atoms with Crippen LogP contribution in [0.1, 0.15) is 17.2 Å². The summed E-state index contributed by atoms with van der Waals surface area (Å²) in [4.78, 5) is 3.49. The van der Waals surface area contributed by atoms with Crippen LogP contribution in [-0.2, 0) is 0 Å². The molecule has 1 N–H and O–H groups in total. The highest BCUT2D eigenvalue weighted by Gasteiger charge is 2.14. The fourth-order valence-corrected chi connectivity index (χ4v) is 1.55. The molecular formula is C12H9ClFNO. The van der Waals surface area contributed by atoms with Crippen molar-refractivity contribution in [3.63, 3.8) is 0 Å². The van der Waals surface area contributed by atoms with Gasteiger partial charge in [0.2, 0.25) is 5.95 Å². The molecule has 16 heavy (non-hydrogen) atoms. The molecule has 0 bridgehead atoms. The lowest BCUT2D eigenvalue weighted by atomic mass is 10.0. The van der Waals surface area contributed by atoms with E-state index in [4.69, 9.17) is 11.6 Å². The molecule has 1 aromatic heterocycles. The van der Waals surface area contributed by atoms with E-state index in [0.717, 1.165) is 0 Å². The van der Waals surface area contributed by atoms with Crippen molar-refractivity contribution in [3.8, 4) is 0 Å². The number of nitrogens with zero attached hydrogens (tertiary/aromatic N) is 1. The van der Waals surface area contributed by atoms with Crippen molar-refractivity contribution in [2.45, 2.75) is 6.10 Å². The van der Waals surface area contributed by atoms with E-state index >= 15 is 0 Å². The monoisotopic (exact) mass is 237 g/mol. The summed E-state index contributed by atoms with van der Waals surface area (Å²) in [6.45, 7) is 0. The van der Waals surface area contributed by atoms with Crippen LogP contribution in [0.3, 0.4) is 0 Å². The largest absolute Gasteiger partial charge is 0.383 e. The Balaban J connectivity index is 2.35. The molecule has 4 heteroatoms. The number of aromatic nitrogens is 1. The number of halogens is 2. The van der Waals surface area contributed by atoms with E-state index in [1.807, 2.05) is 0 Å². The Morgan fingerprint density at radius 3 is 2.50 bits per heavy atom. The molecule has 1 heterocycles. The second-order valence-corrected chi connectivity index (χ2v) is 3.77. The summed E-state index contributed by atoms with van der Waals surface area (Å²) in [6, 6.07) is 9.68. The summed E-state index contributed by atoms with van der Waals surface area (Å²) >= 11 is 5.73. The van der Waals surface area contributed by atoms with Crippen LogP contribution in [0, 0.1) is 5.95 Å². The zero-order valence-electron chi connectivity index (χ0n) is 8.27. The van der Waals surface area contributed by atoms with Gasteiger partial charge in [-0.3, -0.25) is 0 Å². The lowest BCUT2D eigenvalue weighted by Gasteiger charge is -2.11. The van der Waals surface area contributed by atoms with E-state index in [2.05, 4.69) is 4.98 Å². The number of rotatable bonds is 2. The molecule has 0 aliphatic heterocycles. The fourth-order valence-electron chi connectivity index (χ4n) is 1.43. The van der Waals surface area contributed by atoms with Gasteiger partial charge in [0.1, 0.15) is 6.10 Å². The van der Waals surface area contributed by atoms with Crippen molar-refractivity contribution in [3.05, 3.63) is 64.7 Å². The molecule has 0 saturated carbocycles. The van der Waals surface area contributed by atoms with Gasteiger partial charge in [0.05, 0.1) is 0 Å². The van der Waals surface area contributed by atoms with Crippen molar-refractivity contribution in [2.75, 3.05) is 0 Å². The Labute approximate surface area is 97.3 Å². The van der Waals surface area contributed by atoms with Gasteiger partial charge in [0.25, 0.3) is 0 Å². The molecule has 2 rings (SSSR count). The van der Waals surface area contributed by atoms with Crippen LogP contribution in [0.25, 0.3) is 0 Å². The van der Waals surface area contributed by atoms with Gasteiger partial charge < -0.3 is 5.11 Å². The molecule has 0 spiro atoms. The molecule has 2 nitrogen and oxygen atoms in total. The lowest BCUT2D eigenvalue weighted by molar-refractivity contribution is 0.213. The van der Waals surface area contributed by atoms with Gasteiger partial charge in [-0.1, -0.05) is 23.7 Å².